The molecule has 7 heteroatoms. The van der Waals surface area contributed by atoms with Crippen molar-refractivity contribution in [1.29, 1.82) is 0 Å². The number of benzene rings is 1. The van der Waals surface area contributed by atoms with Crippen LogP contribution in [0.1, 0.15) is 25.5 Å². The highest BCUT2D eigenvalue weighted by molar-refractivity contribution is 7.98. The van der Waals surface area contributed by atoms with Crippen LogP contribution in [0.25, 0.3) is 0 Å². The second kappa shape index (κ2) is 5.43. The summed E-state index contributed by atoms with van der Waals surface area (Å²) in [4.78, 5) is 0. The van der Waals surface area contributed by atoms with Gasteiger partial charge in [-0.1, -0.05) is 23.9 Å². The van der Waals surface area contributed by atoms with Gasteiger partial charge in [0.15, 0.2) is 11.6 Å². The van der Waals surface area contributed by atoms with Crippen LogP contribution in [0.4, 0.5) is 8.78 Å². The normalized spacial score (nSPS) is 11.2. The summed E-state index contributed by atoms with van der Waals surface area (Å²) in [7, 11) is 0. The van der Waals surface area contributed by atoms with Crippen molar-refractivity contribution in [2.75, 3.05) is 0 Å². The molecule has 0 saturated carbocycles. The van der Waals surface area contributed by atoms with Gasteiger partial charge in [-0.2, -0.15) is 0 Å². The number of tetrazole rings is 1. The van der Waals surface area contributed by atoms with Crippen molar-refractivity contribution in [3.05, 3.63) is 35.4 Å². The van der Waals surface area contributed by atoms with Crippen LogP contribution in [-0.2, 0) is 5.75 Å². The van der Waals surface area contributed by atoms with Gasteiger partial charge in [0.1, 0.15) is 0 Å². The van der Waals surface area contributed by atoms with Crippen molar-refractivity contribution in [1.82, 2.24) is 20.2 Å². The van der Waals surface area contributed by atoms with Crippen LogP contribution in [0.3, 0.4) is 0 Å². The number of rotatable bonds is 4. The molecule has 18 heavy (non-hydrogen) atoms. The summed E-state index contributed by atoms with van der Waals surface area (Å²) in [6, 6.07) is 4.26. The quantitative estimate of drug-likeness (QED) is 0.801. The smallest absolute Gasteiger partial charge is 0.209 e. The molecule has 0 aliphatic heterocycles. The molecule has 0 N–H and O–H groups in total. The maximum Gasteiger partial charge on any atom is 0.209 e. The minimum absolute atomic E-state index is 0.125. The minimum Gasteiger partial charge on any atom is -0.218 e. The van der Waals surface area contributed by atoms with Crippen LogP contribution in [0.15, 0.2) is 23.4 Å². The highest BCUT2D eigenvalue weighted by Crippen LogP contribution is 2.24. The first-order chi connectivity index (χ1) is 8.59. The van der Waals surface area contributed by atoms with E-state index in [1.165, 1.54) is 17.8 Å². The topological polar surface area (TPSA) is 43.6 Å². The summed E-state index contributed by atoms with van der Waals surface area (Å²) in [5.41, 5.74) is 0.304. The Labute approximate surface area is 107 Å². The van der Waals surface area contributed by atoms with Gasteiger partial charge >= 0.3 is 0 Å². The van der Waals surface area contributed by atoms with Crippen LogP contribution in [0.2, 0.25) is 0 Å². The van der Waals surface area contributed by atoms with Crippen molar-refractivity contribution in [3.63, 3.8) is 0 Å². The van der Waals surface area contributed by atoms with Crippen molar-refractivity contribution in [2.24, 2.45) is 0 Å². The fourth-order valence-electron chi connectivity index (χ4n) is 1.41. The summed E-state index contributed by atoms with van der Waals surface area (Å²) in [5, 5.41) is 11.8. The first-order valence-corrected chi connectivity index (χ1v) is 6.41. The van der Waals surface area contributed by atoms with E-state index in [1.54, 1.807) is 10.7 Å². The number of nitrogens with zero attached hydrogens (tertiary/aromatic N) is 4. The van der Waals surface area contributed by atoms with Gasteiger partial charge in [0.25, 0.3) is 0 Å². The zero-order valence-electron chi connectivity index (χ0n) is 9.97. The van der Waals surface area contributed by atoms with E-state index in [-0.39, 0.29) is 11.8 Å². The average molecular weight is 270 g/mol. The van der Waals surface area contributed by atoms with Gasteiger partial charge in [-0.3, -0.25) is 0 Å². The average Bonchev–Trinajstić information content (AvgIpc) is 2.79. The van der Waals surface area contributed by atoms with Crippen LogP contribution in [0, 0.1) is 11.6 Å². The van der Waals surface area contributed by atoms with Gasteiger partial charge in [-0.15, -0.1) is 5.10 Å². The molecule has 1 heterocycles. The number of hydrogen-bond acceptors (Lipinski definition) is 4. The lowest BCUT2D eigenvalue weighted by atomic mass is 10.2. The lowest BCUT2D eigenvalue weighted by Crippen LogP contribution is -2.05. The maximum atomic E-state index is 13.4. The number of thioether (sulfide) groups is 1. The fourth-order valence-corrected chi connectivity index (χ4v) is 2.39. The molecule has 2 aromatic rings. The van der Waals surface area contributed by atoms with Gasteiger partial charge < -0.3 is 0 Å². The van der Waals surface area contributed by atoms with Crippen LogP contribution in [0.5, 0.6) is 0 Å². The first-order valence-electron chi connectivity index (χ1n) is 5.43. The highest BCUT2D eigenvalue weighted by Gasteiger charge is 2.12. The van der Waals surface area contributed by atoms with Crippen molar-refractivity contribution < 1.29 is 8.78 Å². The lowest BCUT2D eigenvalue weighted by Gasteiger charge is -2.07. The molecule has 1 aromatic carbocycles. The summed E-state index contributed by atoms with van der Waals surface area (Å²) >= 11 is 1.28. The van der Waals surface area contributed by atoms with Crippen molar-refractivity contribution >= 4 is 11.8 Å². The molecule has 0 bridgehead atoms. The molecular formula is C11H12F2N4S. The van der Waals surface area contributed by atoms with Gasteiger partial charge in [0, 0.05) is 11.3 Å². The maximum absolute atomic E-state index is 13.4. The van der Waals surface area contributed by atoms with Gasteiger partial charge in [-0.25, -0.2) is 13.5 Å². The molecule has 0 fully saturated rings. The summed E-state index contributed by atoms with van der Waals surface area (Å²) in [6.45, 7) is 3.90. The zero-order valence-corrected chi connectivity index (χ0v) is 10.8. The lowest BCUT2D eigenvalue weighted by molar-refractivity contribution is 0.477. The SMILES string of the molecule is CC(C)n1nnnc1SCc1cccc(F)c1F. The van der Waals surface area contributed by atoms with Crippen LogP contribution in [-0.4, -0.2) is 20.2 Å². The van der Waals surface area contributed by atoms with E-state index in [0.29, 0.717) is 10.7 Å². The molecule has 0 amide bonds. The number of hydrogen-bond donors (Lipinski definition) is 0. The minimum atomic E-state index is -0.837. The predicted octanol–water partition coefficient (Wildman–Crippen LogP) is 2.82. The van der Waals surface area contributed by atoms with E-state index < -0.39 is 11.6 Å². The molecule has 4 nitrogen and oxygen atoms in total. The van der Waals surface area contributed by atoms with E-state index in [2.05, 4.69) is 15.5 Å². The second-order valence-electron chi connectivity index (χ2n) is 4.00. The Kier molecular flexibility index (Phi) is 3.90. The molecule has 0 aliphatic rings. The molecule has 0 aliphatic carbocycles. The zero-order chi connectivity index (χ0) is 13.1. The Balaban J connectivity index is 2.12. The third-order valence-electron chi connectivity index (χ3n) is 2.34. The summed E-state index contributed by atoms with van der Waals surface area (Å²) in [6.07, 6.45) is 0. The van der Waals surface area contributed by atoms with E-state index in [0.717, 1.165) is 6.07 Å². The Morgan fingerprint density at radius 2 is 2.11 bits per heavy atom. The van der Waals surface area contributed by atoms with Crippen LogP contribution >= 0.6 is 11.8 Å². The van der Waals surface area contributed by atoms with Gasteiger partial charge in [-0.05, 0) is 30.3 Å². The van der Waals surface area contributed by atoms with E-state index in [1.807, 2.05) is 13.8 Å². The van der Waals surface area contributed by atoms with E-state index >= 15 is 0 Å². The third kappa shape index (κ3) is 2.66. The van der Waals surface area contributed by atoms with Crippen LogP contribution < -0.4 is 0 Å². The molecule has 0 saturated heterocycles. The molecule has 0 unspecified atom stereocenters. The second-order valence-corrected chi connectivity index (χ2v) is 4.94. The standard InChI is InChI=1S/C11H12F2N4S/c1-7(2)17-11(14-15-16-17)18-6-8-4-3-5-9(12)10(8)13/h3-5,7H,6H2,1-2H3. The van der Waals surface area contributed by atoms with E-state index in [9.17, 15) is 8.78 Å². The molecule has 0 radical (unpaired) electrons. The molecule has 2 rings (SSSR count). The Morgan fingerprint density at radius 1 is 1.33 bits per heavy atom. The Hall–Kier alpha value is -1.50. The Bertz CT molecular complexity index is 542. The first kappa shape index (κ1) is 12.9. The molecule has 0 atom stereocenters. The number of aromatic nitrogens is 4. The van der Waals surface area contributed by atoms with E-state index in [4.69, 9.17) is 0 Å². The predicted molar refractivity (Wildman–Crippen MR) is 64.1 cm³/mol. The highest BCUT2D eigenvalue weighted by atomic mass is 32.2. The van der Waals surface area contributed by atoms with Gasteiger partial charge in [0.05, 0.1) is 6.04 Å². The third-order valence-corrected chi connectivity index (χ3v) is 3.32. The summed E-state index contributed by atoms with van der Waals surface area (Å²) < 4.78 is 28.1. The Morgan fingerprint density at radius 3 is 2.83 bits per heavy atom. The number of halogens is 2. The molecule has 0 spiro atoms. The summed E-state index contributed by atoms with van der Waals surface area (Å²) in [5.74, 6) is -1.36. The largest absolute Gasteiger partial charge is 0.218 e. The van der Waals surface area contributed by atoms with Gasteiger partial charge in [0.2, 0.25) is 5.16 Å². The van der Waals surface area contributed by atoms with Crippen molar-refractivity contribution in [3.8, 4) is 0 Å². The molecular weight excluding hydrogens is 258 g/mol. The fraction of sp³-hybridized carbons (Fsp3) is 0.364. The monoisotopic (exact) mass is 270 g/mol. The molecule has 1 aromatic heterocycles. The van der Waals surface area contributed by atoms with Crippen molar-refractivity contribution in [2.45, 2.75) is 30.8 Å². The molecule has 96 valence electrons.